The van der Waals surface area contributed by atoms with E-state index < -0.39 is 9.71 Å². The first-order valence-electron chi connectivity index (χ1n) is 2.45. The average Bonchev–Trinajstić information content (AvgIpc) is 1.87. The summed E-state index contributed by atoms with van der Waals surface area (Å²) in [5, 5.41) is 0. The lowest BCUT2D eigenvalue weighted by atomic mass is 10.3. The van der Waals surface area contributed by atoms with Gasteiger partial charge in [0.1, 0.15) is 10.2 Å². The van der Waals surface area contributed by atoms with Crippen LogP contribution in [0.25, 0.3) is 0 Å². The SMILES string of the molecule is COC(=O)CC(=O)C(Br)Br. The Morgan fingerprint density at radius 2 is 2.00 bits per heavy atom. The lowest BCUT2D eigenvalue weighted by Gasteiger charge is -1.98. The monoisotopic (exact) mass is 272 g/mol. The second-order valence-corrected chi connectivity index (χ2v) is 4.58. The molecule has 0 spiro atoms. The third-order valence-electron chi connectivity index (χ3n) is 0.790. The van der Waals surface area contributed by atoms with Crippen molar-refractivity contribution < 1.29 is 14.3 Å². The molecule has 0 radical (unpaired) electrons. The summed E-state index contributed by atoms with van der Waals surface area (Å²) in [4.78, 5) is 21.2. The van der Waals surface area contributed by atoms with Crippen LogP contribution in [0.2, 0.25) is 0 Å². The first-order chi connectivity index (χ1) is 4.57. The molecule has 0 fully saturated rings. The number of esters is 1. The van der Waals surface area contributed by atoms with Gasteiger partial charge in [-0.1, -0.05) is 31.9 Å². The van der Waals surface area contributed by atoms with E-state index in [2.05, 4.69) is 36.6 Å². The number of rotatable bonds is 3. The maximum Gasteiger partial charge on any atom is 0.313 e. The van der Waals surface area contributed by atoms with Crippen molar-refractivity contribution in [3.8, 4) is 0 Å². The fraction of sp³-hybridized carbons (Fsp3) is 0.600. The molecule has 0 N–H and O–H groups in total. The van der Waals surface area contributed by atoms with Crippen molar-refractivity contribution in [2.75, 3.05) is 7.11 Å². The molecule has 5 heteroatoms. The number of Topliss-reactive ketones (excluding diaryl/α,β-unsaturated/α-hetero) is 1. The molecule has 0 saturated carbocycles. The Morgan fingerprint density at radius 3 is 2.30 bits per heavy atom. The zero-order valence-electron chi connectivity index (χ0n) is 5.27. The van der Waals surface area contributed by atoms with E-state index in [4.69, 9.17) is 0 Å². The van der Waals surface area contributed by atoms with E-state index in [1.165, 1.54) is 7.11 Å². The normalized spacial score (nSPS) is 9.60. The fourth-order valence-electron chi connectivity index (χ4n) is 0.292. The lowest BCUT2D eigenvalue weighted by Crippen LogP contribution is -2.13. The van der Waals surface area contributed by atoms with Crippen molar-refractivity contribution in [1.29, 1.82) is 0 Å². The van der Waals surface area contributed by atoms with Gasteiger partial charge in [-0.15, -0.1) is 0 Å². The van der Waals surface area contributed by atoms with Gasteiger partial charge >= 0.3 is 5.97 Å². The van der Waals surface area contributed by atoms with E-state index in [-0.39, 0.29) is 12.2 Å². The minimum absolute atomic E-state index is 0.197. The number of hydrogen-bond donors (Lipinski definition) is 0. The van der Waals surface area contributed by atoms with Crippen LogP contribution >= 0.6 is 31.9 Å². The summed E-state index contributed by atoms with van der Waals surface area (Å²) in [5.74, 6) is -0.763. The van der Waals surface area contributed by atoms with Crippen LogP contribution in [0.5, 0.6) is 0 Å². The van der Waals surface area contributed by atoms with Crippen molar-refractivity contribution in [3.63, 3.8) is 0 Å². The number of carbonyl (C=O) groups excluding carboxylic acids is 2. The van der Waals surface area contributed by atoms with Crippen LogP contribution in [0.4, 0.5) is 0 Å². The largest absolute Gasteiger partial charge is 0.469 e. The molecule has 0 aromatic rings. The molecule has 0 amide bonds. The van der Waals surface area contributed by atoms with E-state index in [1.54, 1.807) is 0 Å². The molecule has 0 aliphatic heterocycles. The van der Waals surface area contributed by atoms with Crippen LogP contribution in [-0.2, 0) is 14.3 Å². The molecule has 0 aliphatic carbocycles. The standard InChI is InChI=1S/C5H6Br2O3/c1-10-4(9)2-3(8)5(6)7/h5H,2H2,1H3. The smallest absolute Gasteiger partial charge is 0.313 e. The summed E-state index contributed by atoms with van der Waals surface area (Å²) >= 11 is 5.91. The molecule has 0 rings (SSSR count). The van der Waals surface area contributed by atoms with E-state index in [0.29, 0.717) is 0 Å². The average molecular weight is 274 g/mol. The van der Waals surface area contributed by atoms with Crippen LogP contribution in [0.15, 0.2) is 0 Å². The Balaban J connectivity index is 3.69. The van der Waals surface area contributed by atoms with Gasteiger partial charge in [0.05, 0.1) is 7.11 Å². The lowest BCUT2D eigenvalue weighted by molar-refractivity contribution is -0.142. The Hall–Kier alpha value is 0.1000. The predicted molar refractivity (Wildman–Crippen MR) is 43.3 cm³/mol. The number of carbonyl (C=O) groups is 2. The first-order valence-corrected chi connectivity index (χ1v) is 4.28. The number of ketones is 1. The van der Waals surface area contributed by atoms with Gasteiger partial charge in [-0.2, -0.15) is 0 Å². The molecule has 0 aromatic heterocycles. The van der Waals surface area contributed by atoms with E-state index >= 15 is 0 Å². The van der Waals surface area contributed by atoms with Crippen molar-refractivity contribution in [1.82, 2.24) is 0 Å². The van der Waals surface area contributed by atoms with Gasteiger partial charge in [0, 0.05) is 0 Å². The molecular weight excluding hydrogens is 268 g/mol. The van der Waals surface area contributed by atoms with Crippen LogP contribution < -0.4 is 0 Å². The topological polar surface area (TPSA) is 43.4 Å². The number of halogens is 2. The van der Waals surface area contributed by atoms with Gasteiger partial charge in [-0.25, -0.2) is 0 Å². The van der Waals surface area contributed by atoms with Crippen LogP contribution in [0, 0.1) is 0 Å². The molecule has 0 aromatic carbocycles. The van der Waals surface area contributed by atoms with Crippen molar-refractivity contribution in [2.24, 2.45) is 0 Å². The number of alkyl halides is 2. The molecule has 10 heavy (non-hydrogen) atoms. The predicted octanol–water partition coefficient (Wildman–Crippen LogP) is 1.23. The third kappa shape index (κ3) is 4.00. The maximum absolute atomic E-state index is 10.7. The minimum Gasteiger partial charge on any atom is -0.469 e. The van der Waals surface area contributed by atoms with Gasteiger partial charge < -0.3 is 4.74 Å². The zero-order chi connectivity index (χ0) is 8.15. The van der Waals surface area contributed by atoms with E-state index in [9.17, 15) is 9.59 Å². The summed E-state index contributed by atoms with van der Waals surface area (Å²) in [5.41, 5.74) is 0. The number of methoxy groups -OCH3 is 1. The Kier molecular flexibility index (Phi) is 4.89. The van der Waals surface area contributed by atoms with Gasteiger partial charge in [-0.05, 0) is 0 Å². The Labute approximate surface area is 75.4 Å². The molecule has 0 bridgehead atoms. The van der Waals surface area contributed by atoms with Crippen LogP contribution in [0.3, 0.4) is 0 Å². The first kappa shape index (κ1) is 10.1. The highest BCUT2D eigenvalue weighted by atomic mass is 79.9. The van der Waals surface area contributed by atoms with Gasteiger partial charge in [0.2, 0.25) is 0 Å². The highest BCUT2D eigenvalue weighted by Gasteiger charge is 2.14. The van der Waals surface area contributed by atoms with Crippen molar-refractivity contribution in [3.05, 3.63) is 0 Å². The van der Waals surface area contributed by atoms with E-state index in [0.717, 1.165) is 0 Å². The molecular formula is C5H6Br2O3. The Bertz CT molecular complexity index is 144. The molecule has 58 valence electrons. The molecule has 0 aliphatic rings. The quantitative estimate of drug-likeness (QED) is 0.441. The zero-order valence-corrected chi connectivity index (χ0v) is 8.44. The maximum atomic E-state index is 10.7. The minimum atomic E-state index is -0.520. The molecule has 3 nitrogen and oxygen atoms in total. The van der Waals surface area contributed by atoms with Crippen molar-refractivity contribution >= 4 is 43.6 Å². The second-order valence-electron chi connectivity index (χ2n) is 1.52. The van der Waals surface area contributed by atoms with Gasteiger partial charge in [0.25, 0.3) is 0 Å². The van der Waals surface area contributed by atoms with Crippen LogP contribution in [-0.4, -0.2) is 22.6 Å². The summed E-state index contributed by atoms with van der Waals surface area (Å²) in [7, 11) is 1.24. The molecule has 0 heterocycles. The highest BCUT2D eigenvalue weighted by molar-refractivity contribution is 9.25. The Morgan fingerprint density at radius 1 is 1.50 bits per heavy atom. The summed E-state index contributed by atoms with van der Waals surface area (Å²) < 4.78 is 3.81. The second kappa shape index (κ2) is 4.85. The number of ether oxygens (including phenoxy) is 1. The molecule has 0 unspecified atom stereocenters. The fourth-order valence-corrected chi connectivity index (χ4v) is 0.615. The highest BCUT2D eigenvalue weighted by Crippen LogP contribution is 2.11. The van der Waals surface area contributed by atoms with Gasteiger partial charge in [-0.3, -0.25) is 9.59 Å². The van der Waals surface area contributed by atoms with Gasteiger partial charge in [0.15, 0.2) is 5.78 Å². The molecule has 0 saturated heterocycles. The third-order valence-corrected chi connectivity index (χ3v) is 1.81. The summed E-state index contributed by atoms with van der Waals surface area (Å²) in [6.45, 7) is 0. The summed E-state index contributed by atoms with van der Waals surface area (Å²) in [6, 6.07) is 0. The van der Waals surface area contributed by atoms with E-state index in [1.807, 2.05) is 0 Å². The summed E-state index contributed by atoms with van der Waals surface area (Å²) in [6.07, 6.45) is -0.197. The van der Waals surface area contributed by atoms with Crippen LogP contribution in [0.1, 0.15) is 6.42 Å². The molecule has 0 atom stereocenters. The number of hydrogen-bond acceptors (Lipinski definition) is 3. The van der Waals surface area contributed by atoms with Crippen molar-refractivity contribution in [2.45, 2.75) is 10.2 Å².